The molecule has 21 heavy (non-hydrogen) atoms. The third kappa shape index (κ3) is 5.18. The molecule has 0 saturated carbocycles. The summed E-state index contributed by atoms with van der Waals surface area (Å²) in [6.07, 6.45) is -0.424. The Morgan fingerprint density at radius 2 is 2.05 bits per heavy atom. The molecule has 1 rings (SSSR count). The van der Waals surface area contributed by atoms with Crippen LogP contribution in [0.1, 0.15) is 17.3 Å². The van der Waals surface area contributed by atoms with E-state index in [1.54, 1.807) is 21.0 Å². The lowest BCUT2D eigenvalue weighted by atomic mass is 10.2. The first-order valence-electron chi connectivity index (χ1n) is 6.20. The van der Waals surface area contributed by atoms with E-state index in [1.807, 2.05) is 0 Å². The Morgan fingerprint density at radius 1 is 1.43 bits per heavy atom. The van der Waals surface area contributed by atoms with Crippen molar-refractivity contribution in [3.8, 4) is 0 Å². The van der Waals surface area contributed by atoms with Gasteiger partial charge in [-0.05, 0) is 25.1 Å². The molecule has 6 nitrogen and oxygen atoms in total. The Bertz CT molecular complexity index is 617. The lowest BCUT2D eigenvalue weighted by Gasteiger charge is -2.14. The topological polar surface area (TPSA) is 75.7 Å². The van der Waals surface area contributed by atoms with Gasteiger partial charge in [-0.25, -0.2) is 8.42 Å². The van der Waals surface area contributed by atoms with Crippen molar-refractivity contribution in [1.29, 1.82) is 0 Å². The Morgan fingerprint density at radius 3 is 2.52 bits per heavy atom. The van der Waals surface area contributed by atoms with Crippen molar-refractivity contribution < 1.29 is 17.9 Å². The van der Waals surface area contributed by atoms with Crippen LogP contribution < -0.4 is 4.72 Å². The average molecular weight is 335 g/mol. The molecule has 0 spiro atoms. The molecule has 0 aliphatic heterocycles. The lowest BCUT2D eigenvalue weighted by molar-refractivity contribution is 0.0828. The van der Waals surface area contributed by atoms with Gasteiger partial charge in [0.2, 0.25) is 10.0 Å². The van der Waals surface area contributed by atoms with Crippen LogP contribution in [-0.4, -0.2) is 52.3 Å². The number of anilines is 1. The maximum absolute atomic E-state index is 11.9. The van der Waals surface area contributed by atoms with Crippen LogP contribution in [0.15, 0.2) is 18.2 Å². The van der Waals surface area contributed by atoms with Crippen LogP contribution in [-0.2, 0) is 14.8 Å². The summed E-state index contributed by atoms with van der Waals surface area (Å²) in [6, 6.07) is 4.40. The Balaban J connectivity index is 2.93. The molecule has 118 valence electrons. The highest BCUT2D eigenvalue weighted by Crippen LogP contribution is 2.22. The number of halogens is 1. The quantitative estimate of drug-likeness (QED) is 0.861. The van der Waals surface area contributed by atoms with Crippen molar-refractivity contribution in [3.63, 3.8) is 0 Å². The summed E-state index contributed by atoms with van der Waals surface area (Å²) in [5, 5.41) is 0.189. The number of methoxy groups -OCH3 is 1. The number of amides is 1. The number of carbonyl (C=O) groups excluding carboxylic acids is 1. The van der Waals surface area contributed by atoms with E-state index in [2.05, 4.69) is 4.72 Å². The highest BCUT2D eigenvalue weighted by molar-refractivity contribution is 7.92. The summed E-state index contributed by atoms with van der Waals surface area (Å²) < 4.78 is 31.1. The zero-order chi connectivity index (χ0) is 16.2. The summed E-state index contributed by atoms with van der Waals surface area (Å²) in [7, 11) is 1.13. The molecule has 1 N–H and O–H groups in total. The van der Waals surface area contributed by atoms with Crippen molar-refractivity contribution in [1.82, 2.24) is 4.90 Å². The lowest BCUT2D eigenvalue weighted by Crippen LogP contribution is -2.25. The van der Waals surface area contributed by atoms with Gasteiger partial charge in [-0.3, -0.25) is 9.52 Å². The van der Waals surface area contributed by atoms with Gasteiger partial charge in [-0.2, -0.15) is 0 Å². The van der Waals surface area contributed by atoms with Gasteiger partial charge in [-0.15, -0.1) is 0 Å². The van der Waals surface area contributed by atoms with Crippen molar-refractivity contribution in [2.75, 3.05) is 31.7 Å². The standard InChI is InChI=1S/C13H19ClN2O4S/c1-9(20-4)8-21(18,19)15-10-5-6-11(12(14)7-10)13(17)16(2)3/h5-7,9,15H,8H2,1-4H3/t9-/m1/s1. The van der Waals surface area contributed by atoms with E-state index in [0.717, 1.165) is 0 Å². The molecule has 1 aromatic carbocycles. The monoisotopic (exact) mass is 334 g/mol. The van der Waals surface area contributed by atoms with E-state index < -0.39 is 16.1 Å². The predicted octanol–water partition coefficient (Wildman–Crippen LogP) is 1.82. The van der Waals surface area contributed by atoms with E-state index >= 15 is 0 Å². The second kappa shape index (κ2) is 7.11. The minimum Gasteiger partial charge on any atom is -0.381 e. The molecule has 0 unspecified atom stereocenters. The second-order valence-electron chi connectivity index (χ2n) is 4.82. The maximum atomic E-state index is 11.9. The Kier molecular flexibility index (Phi) is 6.00. The number of hydrogen-bond acceptors (Lipinski definition) is 4. The van der Waals surface area contributed by atoms with E-state index in [0.29, 0.717) is 11.3 Å². The SMILES string of the molecule is CO[C@H](C)CS(=O)(=O)Nc1ccc(C(=O)N(C)C)c(Cl)c1. The van der Waals surface area contributed by atoms with Crippen LogP contribution >= 0.6 is 11.6 Å². The number of sulfonamides is 1. The van der Waals surface area contributed by atoms with Gasteiger partial charge in [0.25, 0.3) is 5.91 Å². The van der Waals surface area contributed by atoms with Crippen molar-refractivity contribution in [2.24, 2.45) is 0 Å². The molecule has 0 aliphatic rings. The highest BCUT2D eigenvalue weighted by atomic mass is 35.5. The largest absolute Gasteiger partial charge is 0.381 e. The third-order valence-corrected chi connectivity index (χ3v) is 4.50. The molecule has 0 fully saturated rings. The van der Waals surface area contributed by atoms with Crippen LogP contribution in [0, 0.1) is 0 Å². The fourth-order valence-corrected chi connectivity index (χ4v) is 3.18. The van der Waals surface area contributed by atoms with Crippen molar-refractivity contribution in [3.05, 3.63) is 28.8 Å². The maximum Gasteiger partial charge on any atom is 0.254 e. The summed E-state index contributed by atoms with van der Waals surface area (Å²) in [5.74, 6) is -0.415. The van der Waals surface area contributed by atoms with Gasteiger partial charge in [0, 0.05) is 26.9 Å². The summed E-state index contributed by atoms with van der Waals surface area (Å²) in [4.78, 5) is 13.2. The normalized spacial score (nSPS) is 12.8. The molecular formula is C13H19ClN2O4S. The smallest absolute Gasteiger partial charge is 0.254 e. The highest BCUT2D eigenvalue weighted by Gasteiger charge is 2.17. The number of hydrogen-bond donors (Lipinski definition) is 1. The minimum atomic E-state index is -3.54. The molecule has 8 heteroatoms. The molecule has 1 amide bonds. The van der Waals surface area contributed by atoms with E-state index in [-0.39, 0.29) is 16.7 Å². The second-order valence-corrected chi connectivity index (χ2v) is 7.00. The zero-order valence-electron chi connectivity index (χ0n) is 12.4. The van der Waals surface area contributed by atoms with Gasteiger partial charge in [0.05, 0.1) is 22.4 Å². The first-order valence-corrected chi connectivity index (χ1v) is 8.24. The van der Waals surface area contributed by atoms with E-state index in [4.69, 9.17) is 16.3 Å². The molecule has 0 heterocycles. The number of nitrogens with one attached hydrogen (secondary N) is 1. The van der Waals surface area contributed by atoms with Crippen molar-refractivity contribution in [2.45, 2.75) is 13.0 Å². The molecule has 0 aliphatic carbocycles. The summed E-state index contributed by atoms with van der Waals surface area (Å²) in [5.41, 5.74) is 0.619. The van der Waals surface area contributed by atoms with Crippen LogP contribution in [0.5, 0.6) is 0 Å². The number of nitrogens with zero attached hydrogens (tertiary/aromatic N) is 1. The molecule has 1 atom stereocenters. The van der Waals surface area contributed by atoms with Gasteiger partial charge in [0.1, 0.15) is 0 Å². The summed E-state index contributed by atoms with van der Waals surface area (Å²) in [6.45, 7) is 1.66. The Hall–Kier alpha value is -1.31. The zero-order valence-corrected chi connectivity index (χ0v) is 14.0. The van der Waals surface area contributed by atoms with Crippen LogP contribution in [0.2, 0.25) is 5.02 Å². The number of benzene rings is 1. The number of carbonyl (C=O) groups is 1. The predicted molar refractivity (Wildman–Crippen MR) is 83.4 cm³/mol. The third-order valence-electron chi connectivity index (χ3n) is 2.74. The van der Waals surface area contributed by atoms with E-state index in [9.17, 15) is 13.2 Å². The van der Waals surface area contributed by atoms with Gasteiger partial charge >= 0.3 is 0 Å². The summed E-state index contributed by atoms with van der Waals surface area (Å²) >= 11 is 6.02. The Labute approximate surface area is 130 Å². The number of rotatable bonds is 6. The fourth-order valence-electron chi connectivity index (χ4n) is 1.59. The van der Waals surface area contributed by atoms with Gasteiger partial charge in [-0.1, -0.05) is 11.6 Å². The first-order chi connectivity index (χ1) is 9.66. The molecule has 0 aromatic heterocycles. The molecule has 1 aromatic rings. The molecule has 0 bridgehead atoms. The average Bonchev–Trinajstić information content (AvgIpc) is 2.36. The van der Waals surface area contributed by atoms with Crippen LogP contribution in [0.4, 0.5) is 5.69 Å². The van der Waals surface area contributed by atoms with Gasteiger partial charge < -0.3 is 9.64 Å². The molecular weight excluding hydrogens is 316 g/mol. The first kappa shape index (κ1) is 17.7. The fraction of sp³-hybridized carbons (Fsp3) is 0.462. The number of ether oxygens (including phenoxy) is 1. The molecule has 0 saturated heterocycles. The van der Waals surface area contributed by atoms with Crippen LogP contribution in [0.25, 0.3) is 0 Å². The van der Waals surface area contributed by atoms with Crippen LogP contribution in [0.3, 0.4) is 0 Å². The molecule has 0 radical (unpaired) electrons. The minimum absolute atomic E-state index is 0.167. The van der Waals surface area contributed by atoms with Gasteiger partial charge in [0.15, 0.2) is 0 Å². The van der Waals surface area contributed by atoms with Crippen molar-refractivity contribution >= 4 is 33.2 Å². The van der Waals surface area contributed by atoms with E-state index in [1.165, 1.54) is 30.2 Å².